The number of carbonyl (C=O) groups is 2. The van der Waals surface area contributed by atoms with E-state index in [1.54, 1.807) is 47.5 Å². The second-order valence-electron chi connectivity index (χ2n) is 4.59. The van der Waals surface area contributed by atoms with Gasteiger partial charge in [0, 0.05) is 17.6 Å². The molecular formula is C15H16N2O3S. The molecule has 2 rings (SSSR count). The first kappa shape index (κ1) is 15.1. The van der Waals surface area contributed by atoms with Gasteiger partial charge in [-0.25, -0.2) is 4.79 Å². The average Bonchev–Trinajstić information content (AvgIpc) is 2.93. The largest absolute Gasteiger partial charge is 0.481 e. The molecule has 0 unspecified atom stereocenters. The Bertz CT molecular complexity index is 626. The van der Waals surface area contributed by atoms with Crippen molar-refractivity contribution < 1.29 is 14.7 Å². The van der Waals surface area contributed by atoms with Crippen molar-refractivity contribution in [3.05, 3.63) is 52.2 Å². The topological polar surface area (TPSA) is 69.6 Å². The van der Waals surface area contributed by atoms with Crippen LogP contribution < -0.4 is 5.32 Å². The van der Waals surface area contributed by atoms with Gasteiger partial charge in [-0.1, -0.05) is 24.3 Å². The minimum Gasteiger partial charge on any atom is -0.481 e. The van der Waals surface area contributed by atoms with Crippen molar-refractivity contribution >= 4 is 29.0 Å². The van der Waals surface area contributed by atoms with Crippen molar-refractivity contribution in [1.82, 2.24) is 4.90 Å². The van der Waals surface area contributed by atoms with Crippen molar-refractivity contribution in [2.75, 3.05) is 12.4 Å². The van der Waals surface area contributed by atoms with Crippen LogP contribution in [-0.4, -0.2) is 29.1 Å². The number of carboxylic acids is 1. The van der Waals surface area contributed by atoms with Gasteiger partial charge in [-0.2, -0.15) is 0 Å². The number of amides is 2. The number of para-hydroxylation sites is 1. The fraction of sp³-hybridized carbons (Fsp3) is 0.200. The van der Waals surface area contributed by atoms with Crippen LogP contribution in [0.5, 0.6) is 0 Å². The second kappa shape index (κ2) is 6.90. The Labute approximate surface area is 126 Å². The molecule has 1 aromatic carbocycles. The molecule has 2 amide bonds. The first-order valence-electron chi connectivity index (χ1n) is 6.40. The van der Waals surface area contributed by atoms with Gasteiger partial charge in [-0.05, 0) is 23.1 Å². The van der Waals surface area contributed by atoms with Gasteiger partial charge < -0.3 is 15.3 Å². The van der Waals surface area contributed by atoms with Crippen LogP contribution in [0.2, 0.25) is 0 Å². The molecule has 0 saturated carbocycles. The van der Waals surface area contributed by atoms with Crippen LogP contribution in [-0.2, 0) is 17.8 Å². The molecule has 0 aliphatic heterocycles. The lowest BCUT2D eigenvalue weighted by molar-refractivity contribution is -0.136. The fourth-order valence-electron chi connectivity index (χ4n) is 1.88. The van der Waals surface area contributed by atoms with Crippen molar-refractivity contribution in [2.45, 2.75) is 13.0 Å². The Morgan fingerprint density at radius 1 is 1.24 bits per heavy atom. The zero-order valence-corrected chi connectivity index (χ0v) is 12.4. The Morgan fingerprint density at radius 3 is 2.67 bits per heavy atom. The smallest absolute Gasteiger partial charge is 0.321 e. The number of aliphatic carboxylic acids is 1. The predicted molar refractivity (Wildman–Crippen MR) is 82.6 cm³/mol. The molecular weight excluding hydrogens is 288 g/mol. The van der Waals surface area contributed by atoms with E-state index in [2.05, 4.69) is 5.32 Å². The van der Waals surface area contributed by atoms with Gasteiger partial charge in [-0.3, -0.25) is 4.79 Å². The second-order valence-corrected chi connectivity index (χ2v) is 5.63. The highest BCUT2D eigenvalue weighted by Crippen LogP contribution is 2.17. The number of benzene rings is 1. The predicted octanol–water partition coefficient (Wildman–Crippen LogP) is 3.04. The van der Waals surface area contributed by atoms with Crippen LogP contribution in [0.3, 0.4) is 0 Å². The van der Waals surface area contributed by atoms with E-state index in [1.165, 1.54) is 0 Å². The highest BCUT2D eigenvalue weighted by Gasteiger charge is 2.13. The number of hydrogen-bond donors (Lipinski definition) is 2. The van der Waals surface area contributed by atoms with E-state index in [-0.39, 0.29) is 12.5 Å². The lowest BCUT2D eigenvalue weighted by atomic mass is 10.1. The number of rotatable bonds is 5. The summed E-state index contributed by atoms with van der Waals surface area (Å²) in [6.45, 7) is 0.518. The van der Waals surface area contributed by atoms with Crippen molar-refractivity contribution in [1.29, 1.82) is 0 Å². The first-order valence-corrected chi connectivity index (χ1v) is 7.28. The maximum atomic E-state index is 12.1. The average molecular weight is 304 g/mol. The summed E-state index contributed by atoms with van der Waals surface area (Å²) in [6.07, 6.45) is -0.120. The van der Waals surface area contributed by atoms with Gasteiger partial charge in [0.15, 0.2) is 0 Å². The van der Waals surface area contributed by atoms with Crippen molar-refractivity contribution in [3.63, 3.8) is 0 Å². The van der Waals surface area contributed by atoms with Crippen LogP contribution >= 0.6 is 11.3 Å². The van der Waals surface area contributed by atoms with E-state index in [1.807, 2.05) is 17.5 Å². The number of thiophene rings is 1. The lowest BCUT2D eigenvalue weighted by Crippen LogP contribution is -2.31. The summed E-state index contributed by atoms with van der Waals surface area (Å²) in [5, 5.41) is 13.6. The Morgan fingerprint density at radius 2 is 2.00 bits per heavy atom. The first-order chi connectivity index (χ1) is 10.1. The van der Waals surface area contributed by atoms with Gasteiger partial charge in [0.05, 0.1) is 13.0 Å². The Kier molecular flexibility index (Phi) is 4.94. The number of nitrogens with zero attached hydrogens (tertiary/aromatic N) is 1. The van der Waals surface area contributed by atoms with Crippen LogP contribution in [0.4, 0.5) is 10.5 Å². The van der Waals surface area contributed by atoms with Crippen LogP contribution in [0.25, 0.3) is 0 Å². The third-order valence-corrected chi connectivity index (χ3v) is 3.78. The quantitative estimate of drug-likeness (QED) is 0.892. The van der Waals surface area contributed by atoms with Crippen LogP contribution in [0.15, 0.2) is 41.8 Å². The molecule has 110 valence electrons. The number of hydrogen-bond acceptors (Lipinski definition) is 3. The summed E-state index contributed by atoms with van der Waals surface area (Å²) in [7, 11) is 1.70. The molecule has 21 heavy (non-hydrogen) atoms. The van der Waals surface area contributed by atoms with Gasteiger partial charge in [-0.15, -0.1) is 11.3 Å². The van der Waals surface area contributed by atoms with Gasteiger partial charge >= 0.3 is 12.0 Å². The molecule has 0 fully saturated rings. The SMILES string of the molecule is CN(Cc1cccs1)C(=O)Nc1ccccc1CC(=O)O. The standard InChI is InChI=1S/C15H16N2O3S/c1-17(10-12-6-4-8-21-12)15(20)16-13-7-3-2-5-11(13)9-14(18)19/h2-8H,9-10H2,1H3,(H,16,20)(H,18,19). The van der Waals surface area contributed by atoms with E-state index < -0.39 is 5.97 Å². The maximum absolute atomic E-state index is 12.1. The minimum atomic E-state index is -0.927. The number of urea groups is 1. The Hall–Kier alpha value is -2.34. The van der Waals surface area contributed by atoms with E-state index in [4.69, 9.17) is 5.11 Å². The van der Waals surface area contributed by atoms with E-state index in [9.17, 15) is 9.59 Å². The number of nitrogens with one attached hydrogen (secondary N) is 1. The molecule has 0 atom stereocenters. The highest BCUT2D eigenvalue weighted by molar-refractivity contribution is 7.09. The third-order valence-electron chi connectivity index (χ3n) is 2.92. The number of anilines is 1. The number of carbonyl (C=O) groups excluding carboxylic acids is 1. The molecule has 5 nitrogen and oxygen atoms in total. The van der Waals surface area contributed by atoms with E-state index >= 15 is 0 Å². The molecule has 2 aromatic rings. The van der Waals surface area contributed by atoms with E-state index in [0.29, 0.717) is 17.8 Å². The van der Waals surface area contributed by atoms with Gasteiger partial charge in [0.2, 0.25) is 0 Å². The molecule has 0 spiro atoms. The van der Waals surface area contributed by atoms with E-state index in [0.717, 1.165) is 4.88 Å². The van der Waals surface area contributed by atoms with Crippen LogP contribution in [0, 0.1) is 0 Å². The normalized spacial score (nSPS) is 10.1. The molecule has 0 saturated heterocycles. The van der Waals surface area contributed by atoms with Crippen molar-refractivity contribution in [3.8, 4) is 0 Å². The van der Waals surface area contributed by atoms with Crippen LogP contribution in [0.1, 0.15) is 10.4 Å². The zero-order valence-electron chi connectivity index (χ0n) is 11.6. The summed E-state index contributed by atoms with van der Waals surface area (Å²) in [6, 6.07) is 10.6. The monoisotopic (exact) mass is 304 g/mol. The molecule has 6 heteroatoms. The molecule has 0 radical (unpaired) electrons. The van der Waals surface area contributed by atoms with Crippen molar-refractivity contribution in [2.24, 2.45) is 0 Å². The Balaban J connectivity index is 2.03. The molecule has 0 aliphatic carbocycles. The molecule has 1 heterocycles. The molecule has 2 N–H and O–H groups in total. The minimum absolute atomic E-state index is 0.120. The third kappa shape index (κ3) is 4.32. The summed E-state index contributed by atoms with van der Waals surface area (Å²) in [4.78, 5) is 25.6. The zero-order chi connectivity index (χ0) is 15.2. The molecule has 0 bridgehead atoms. The fourth-order valence-corrected chi connectivity index (χ4v) is 2.64. The lowest BCUT2D eigenvalue weighted by Gasteiger charge is -2.18. The summed E-state index contributed by atoms with van der Waals surface area (Å²) < 4.78 is 0. The van der Waals surface area contributed by atoms with Gasteiger partial charge in [0.1, 0.15) is 0 Å². The van der Waals surface area contributed by atoms with Gasteiger partial charge in [0.25, 0.3) is 0 Å². The summed E-state index contributed by atoms with van der Waals surface area (Å²) >= 11 is 1.59. The summed E-state index contributed by atoms with van der Waals surface area (Å²) in [5.74, 6) is -0.927. The summed E-state index contributed by atoms with van der Waals surface area (Å²) in [5.41, 5.74) is 1.12. The number of carboxylic acid groups (broad SMARTS) is 1. The molecule has 0 aliphatic rings. The molecule has 1 aromatic heterocycles. The maximum Gasteiger partial charge on any atom is 0.321 e. The highest BCUT2D eigenvalue weighted by atomic mass is 32.1.